The number of halogens is 1. The van der Waals surface area contributed by atoms with E-state index in [2.05, 4.69) is 27.5 Å². The van der Waals surface area contributed by atoms with Crippen LogP contribution in [0.1, 0.15) is 10.5 Å². The summed E-state index contributed by atoms with van der Waals surface area (Å²) in [4.78, 5) is 14.4. The van der Waals surface area contributed by atoms with E-state index in [1.165, 1.54) is 0 Å². The summed E-state index contributed by atoms with van der Waals surface area (Å²) in [6.45, 7) is 4.16. The van der Waals surface area contributed by atoms with Crippen molar-refractivity contribution in [3.63, 3.8) is 0 Å². The van der Waals surface area contributed by atoms with Crippen molar-refractivity contribution in [3.05, 3.63) is 29.3 Å². The Hall–Kier alpha value is -0.900. The van der Waals surface area contributed by atoms with Crippen LogP contribution in [0.4, 0.5) is 0 Å². The highest BCUT2D eigenvalue weighted by Gasteiger charge is 2.04. The van der Waals surface area contributed by atoms with Crippen LogP contribution < -0.4 is 0 Å². The van der Waals surface area contributed by atoms with Crippen LogP contribution in [-0.2, 0) is 6.54 Å². The lowest BCUT2D eigenvalue weighted by Gasteiger charge is -1.96. The molecule has 0 aliphatic carbocycles. The van der Waals surface area contributed by atoms with E-state index < -0.39 is 0 Å². The number of aromatic nitrogens is 2. The zero-order valence-corrected chi connectivity index (χ0v) is 7.41. The summed E-state index contributed by atoms with van der Waals surface area (Å²) in [7, 11) is 0. The maximum atomic E-state index is 10.5. The lowest BCUT2D eigenvalue weighted by Crippen LogP contribution is -1.98. The first-order valence-corrected chi connectivity index (χ1v) is 3.85. The smallest absolute Gasteiger partial charge is 0.169 e. The van der Waals surface area contributed by atoms with E-state index in [4.69, 9.17) is 0 Å². The number of hydrogen-bond acceptors (Lipinski definition) is 2. The van der Waals surface area contributed by atoms with Gasteiger partial charge >= 0.3 is 0 Å². The van der Waals surface area contributed by atoms with E-state index in [1.807, 2.05) is 0 Å². The van der Waals surface area contributed by atoms with Gasteiger partial charge < -0.3 is 4.57 Å². The SMILES string of the molecule is C=CCn1cnc(Br)c1C=O. The van der Waals surface area contributed by atoms with E-state index in [0.29, 0.717) is 16.8 Å². The maximum Gasteiger partial charge on any atom is 0.169 e. The molecule has 58 valence electrons. The molecule has 1 aromatic heterocycles. The lowest BCUT2D eigenvalue weighted by molar-refractivity contribution is 0.111. The molecule has 0 aromatic carbocycles. The first-order valence-electron chi connectivity index (χ1n) is 3.06. The van der Waals surface area contributed by atoms with Crippen LogP contribution in [0, 0.1) is 0 Å². The molecule has 0 amide bonds. The molecule has 0 saturated heterocycles. The molecule has 0 fully saturated rings. The van der Waals surface area contributed by atoms with Gasteiger partial charge in [0.15, 0.2) is 6.29 Å². The lowest BCUT2D eigenvalue weighted by atomic mass is 10.5. The van der Waals surface area contributed by atoms with E-state index in [0.717, 1.165) is 6.29 Å². The van der Waals surface area contributed by atoms with Gasteiger partial charge in [-0.1, -0.05) is 6.08 Å². The first kappa shape index (κ1) is 8.20. The highest BCUT2D eigenvalue weighted by Crippen LogP contribution is 2.11. The predicted molar refractivity (Wildman–Crippen MR) is 45.5 cm³/mol. The summed E-state index contributed by atoms with van der Waals surface area (Å²) in [5.74, 6) is 0. The molecule has 0 radical (unpaired) electrons. The van der Waals surface area contributed by atoms with Crippen molar-refractivity contribution >= 4 is 22.2 Å². The number of rotatable bonds is 3. The summed E-state index contributed by atoms with van der Waals surface area (Å²) in [5.41, 5.74) is 0.546. The molecule has 1 aromatic rings. The first-order chi connectivity index (χ1) is 5.29. The Morgan fingerprint density at radius 1 is 1.82 bits per heavy atom. The normalized spacial score (nSPS) is 9.55. The molecule has 0 aliphatic heterocycles. The average Bonchev–Trinajstić information content (AvgIpc) is 2.33. The van der Waals surface area contributed by atoms with Crippen molar-refractivity contribution in [2.75, 3.05) is 0 Å². The largest absolute Gasteiger partial charge is 0.324 e. The minimum Gasteiger partial charge on any atom is -0.324 e. The molecular formula is C7H7BrN2O. The molecular weight excluding hydrogens is 208 g/mol. The third-order valence-electron chi connectivity index (χ3n) is 1.27. The molecule has 0 unspecified atom stereocenters. The Balaban J connectivity index is 3.04. The molecule has 0 N–H and O–H groups in total. The molecule has 0 bridgehead atoms. The van der Waals surface area contributed by atoms with Gasteiger partial charge in [-0.15, -0.1) is 6.58 Å². The van der Waals surface area contributed by atoms with Gasteiger partial charge in [-0.05, 0) is 15.9 Å². The average molecular weight is 215 g/mol. The molecule has 11 heavy (non-hydrogen) atoms. The molecule has 1 heterocycles. The molecule has 0 atom stereocenters. The van der Waals surface area contributed by atoms with Gasteiger partial charge in [0.1, 0.15) is 10.3 Å². The minimum atomic E-state index is 0.546. The summed E-state index contributed by atoms with van der Waals surface area (Å²) < 4.78 is 2.29. The van der Waals surface area contributed by atoms with Gasteiger partial charge in [0.2, 0.25) is 0 Å². The molecule has 0 spiro atoms. The zero-order chi connectivity index (χ0) is 8.27. The number of allylic oxidation sites excluding steroid dienone is 1. The monoisotopic (exact) mass is 214 g/mol. The van der Waals surface area contributed by atoms with Crippen LogP contribution in [-0.4, -0.2) is 15.8 Å². The fourth-order valence-electron chi connectivity index (χ4n) is 0.768. The van der Waals surface area contributed by atoms with E-state index in [1.54, 1.807) is 17.0 Å². The fraction of sp³-hybridized carbons (Fsp3) is 0.143. The molecule has 0 aliphatic rings. The molecule has 1 rings (SSSR count). The number of hydrogen-bond donors (Lipinski definition) is 0. The standard InChI is InChI=1S/C7H7BrN2O/c1-2-3-10-5-9-7(8)6(10)4-11/h2,4-5H,1,3H2. The fourth-order valence-corrected chi connectivity index (χ4v) is 1.18. The van der Waals surface area contributed by atoms with Crippen molar-refractivity contribution in [1.29, 1.82) is 0 Å². The number of nitrogens with zero attached hydrogens (tertiary/aromatic N) is 2. The van der Waals surface area contributed by atoms with Crippen molar-refractivity contribution in [3.8, 4) is 0 Å². The molecule has 4 heteroatoms. The zero-order valence-electron chi connectivity index (χ0n) is 5.83. The number of imidazole rings is 1. The summed E-state index contributed by atoms with van der Waals surface area (Å²) >= 11 is 3.15. The molecule has 3 nitrogen and oxygen atoms in total. The van der Waals surface area contributed by atoms with Crippen LogP contribution >= 0.6 is 15.9 Å². The Morgan fingerprint density at radius 3 is 3.09 bits per heavy atom. The van der Waals surface area contributed by atoms with Crippen molar-refractivity contribution in [2.24, 2.45) is 0 Å². The van der Waals surface area contributed by atoms with Crippen molar-refractivity contribution < 1.29 is 4.79 Å². The van der Waals surface area contributed by atoms with Gasteiger partial charge in [0, 0.05) is 6.54 Å². The van der Waals surface area contributed by atoms with E-state index in [9.17, 15) is 4.79 Å². The minimum absolute atomic E-state index is 0.546. The maximum absolute atomic E-state index is 10.5. The summed E-state index contributed by atoms with van der Waals surface area (Å²) in [6, 6.07) is 0. The number of carbonyl (C=O) groups is 1. The Kier molecular flexibility index (Phi) is 2.59. The summed E-state index contributed by atoms with van der Waals surface area (Å²) in [5, 5.41) is 0. The van der Waals surface area contributed by atoms with Gasteiger partial charge in [-0.3, -0.25) is 4.79 Å². The highest BCUT2D eigenvalue weighted by atomic mass is 79.9. The second-order valence-corrected chi connectivity index (χ2v) is 2.73. The van der Waals surface area contributed by atoms with Crippen LogP contribution in [0.15, 0.2) is 23.6 Å². The van der Waals surface area contributed by atoms with Crippen molar-refractivity contribution in [2.45, 2.75) is 6.54 Å². The number of aldehydes is 1. The third kappa shape index (κ3) is 1.57. The topological polar surface area (TPSA) is 34.9 Å². The van der Waals surface area contributed by atoms with E-state index in [-0.39, 0.29) is 0 Å². The van der Waals surface area contributed by atoms with E-state index >= 15 is 0 Å². The Morgan fingerprint density at radius 2 is 2.55 bits per heavy atom. The van der Waals surface area contributed by atoms with Crippen molar-refractivity contribution in [1.82, 2.24) is 9.55 Å². The van der Waals surface area contributed by atoms with Gasteiger partial charge in [0.25, 0.3) is 0 Å². The van der Waals surface area contributed by atoms with Crippen LogP contribution in [0.3, 0.4) is 0 Å². The van der Waals surface area contributed by atoms with Crippen LogP contribution in [0.5, 0.6) is 0 Å². The third-order valence-corrected chi connectivity index (χ3v) is 1.88. The Bertz CT molecular complexity index is 280. The predicted octanol–water partition coefficient (Wildman–Crippen LogP) is 1.64. The quantitative estimate of drug-likeness (QED) is 0.567. The summed E-state index contributed by atoms with van der Waals surface area (Å²) in [6.07, 6.45) is 4.07. The second kappa shape index (κ2) is 3.48. The molecule has 0 saturated carbocycles. The second-order valence-electron chi connectivity index (χ2n) is 1.98. The number of carbonyl (C=O) groups excluding carboxylic acids is 1. The van der Waals surface area contributed by atoms with Gasteiger partial charge in [0.05, 0.1) is 6.33 Å². The van der Waals surface area contributed by atoms with Crippen LogP contribution in [0.25, 0.3) is 0 Å². The highest BCUT2D eigenvalue weighted by molar-refractivity contribution is 9.10. The van der Waals surface area contributed by atoms with Gasteiger partial charge in [-0.2, -0.15) is 0 Å². The van der Waals surface area contributed by atoms with Crippen LogP contribution in [0.2, 0.25) is 0 Å². The Labute approximate surface area is 72.9 Å². The van der Waals surface area contributed by atoms with Gasteiger partial charge in [-0.25, -0.2) is 4.98 Å².